The molecule has 2 rings (SSSR count). The van der Waals surface area contributed by atoms with Gasteiger partial charge in [0.1, 0.15) is 18.8 Å². The summed E-state index contributed by atoms with van der Waals surface area (Å²) in [5.41, 5.74) is 6.08. The molecule has 1 atom stereocenters. The highest BCUT2D eigenvalue weighted by Gasteiger charge is 2.27. The normalized spacial score (nSPS) is 14.0. The van der Waals surface area contributed by atoms with Gasteiger partial charge in [-0.1, -0.05) is 0 Å². The van der Waals surface area contributed by atoms with Crippen molar-refractivity contribution in [3.05, 3.63) is 18.1 Å². The predicted molar refractivity (Wildman–Crippen MR) is 66.7 cm³/mol. The molecule has 0 aliphatic rings. The van der Waals surface area contributed by atoms with Crippen molar-refractivity contribution in [3.63, 3.8) is 0 Å². The SMILES string of the molecule is Nc1ncnc2c(C[C@H](OCP(=O)(O)O)C(F)F)cnn12. The summed E-state index contributed by atoms with van der Waals surface area (Å²) < 4.78 is 42.2. The van der Waals surface area contributed by atoms with E-state index in [0.29, 0.717) is 5.56 Å². The third-order valence-electron chi connectivity index (χ3n) is 2.56. The van der Waals surface area contributed by atoms with Gasteiger partial charge in [0.05, 0.1) is 6.20 Å². The fraction of sp³-hybridized carbons (Fsp3) is 0.444. The molecule has 0 unspecified atom stereocenters. The molecule has 0 bridgehead atoms. The molecule has 21 heavy (non-hydrogen) atoms. The first kappa shape index (κ1) is 15.7. The first-order valence-corrected chi connectivity index (χ1v) is 7.45. The van der Waals surface area contributed by atoms with Crippen LogP contribution in [0, 0.1) is 0 Å². The summed E-state index contributed by atoms with van der Waals surface area (Å²) in [6.07, 6.45) is -3.59. The third-order valence-corrected chi connectivity index (χ3v) is 3.05. The highest BCUT2D eigenvalue weighted by Crippen LogP contribution is 2.35. The Kier molecular flexibility index (Phi) is 4.47. The Morgan fingerprint density at radius 3 is 2.76 bits per heavy atom. The maximum atomic E-state index is 12.9. The average molecular weight is 323 g/mol. The summed E-state index contributed by atoms with van der Waals surface area (Å²) in [5, 5.41) is 3.85. The van der Waals surface area contributed by atoms with Gasteiger partial charge in [0.25, 0.3) is 6.43 Å². The van der Waals surface area contributed by atoms with Gasteiger partial charge in [-0.25, -0.2) is 18.7 Å². The number of nitrogen functional groups attached to an aromatic ring is 1. The smallest absolute Gasteiger partial charge is 0.350 e. The second kappa shape index (κ2) is 5.98. The Morgan fingerprint density at radius 2 is 2.14 bits per heavy atom. The Morgan fingerprint density at radius 1 is 1.43 bits per heavy atom. The molecule has 9 nitrogen and oxygen atoms in total. The van der Waals surface area contributed by atoms with Crippen LogP contribution in [0.15, 0.2) is 12.5 Å². The summed E-state index contributed by atoms with van der Waals surface area (Å²) >= 11 is 0. The lowest BCUT2D eigenvalue weighted by atomic mass is 10.1. The number of nitrogens with zero attached hydrogens (tertiary/aromatic N) is 4. The minimum Gasteiger partial charge on any atom is -0.368 e. The van der Waals surface area contributed by atoms with Crippen LogP contribution in [-0.2, 0) is 15.7 Å². The van der Waals surface area contributed by atoms with E-state index < -0.39 is 26.5 Å². The number of nitrogens with two attached hydrogens (primary N) is 1. The molecule has 2 aromatic heterocycles. The van der Waals surface area contributed by atoms with Gasteiger partial charge in [-0.2, -0.15) is 9.61 Å². The molecule has 0 amide bonds. The van der Waals surface area contributed by atoms with Gasteiger partial charge in [-0.15, -0.1) is 0 Å². The van der Waals surface area contributed by atoms with E-state index in [0.717, 1.165) is 6.33 Å². The second-order valence-electron chi connectivity index (χ2n) is 4.17. The van der Waals surface area contributed by atoms with E-state index in [2.05, 4.69) is 19.8 Å². The van der Waals surface area contributed by atoms with E-state index in [1.165, 1.54) is 10.7 Å². The molecular formula is C9H12F2N5O4P. The highest BCUT2D eigenvalue weighted by atomic mass is 31.2. The van der Waals surface area contributed by atoms with E-state index in [4.69, 9.17) is 15.5 Å². The summed E-state index contributed by atoms with van der Waals surface area (Å²) in [7, 11) is -4.53. The number of fused-ring (bicyclic) bond motifs is 1. The van der Waals surface area contributed by atoms with Gasteiger partial charge in [0.2, 0.25) is 5.95 Å². The van der Waals surface area contributed by atoms with Gasteiger partial charge in [0, 0.05) is 12.0 Å². The molecule has 2 heterocycles. The van der Waals surface area contributed by atoms with Crippen molar-refractivity contribution >= 4 is 19.2 Å². The summed E-state index contributed by atoms with van der Waals surface area (Å²) in [6.45, 7) is 0. The predicted octanol–water partition coefficient (Wildman–Crippen LogP) is 0.0345. The molecule has 2 aromatic rings. The molecule has 0 saturated heterocycles. The fourth-order valence-electron chi connectivity index (χ4n) is 1.65. The Labute approximate surface area is 116 Å². The number of hydrogen-bond acceptors (Lipinski definition) is 6. The quantitative estimate of drug-likeness (QED) is 0.634. The molecule has 12 heteroatoms. The fourth-order valence-corrected chi connectivity index (χ4v) is 2.04. The second-order valence-corrected chi connectivity index (χ2v) is 5.76. The zero-order chi connectivity index (χ0) is 15.6. The van der Waals surface area contributed by atoms with Crippen molar-refractivity contribution < 1.29 is 27.9 Å². The molecule has 4 N–H and O–H groups in total. The molecule has 0 spiro atoms. The van der Waals surface area contributed by atoms with E-state index in [1.54, 1.807) is 0 Å². The van der Waals surface area contributed by atoms with Crippen molar-refractivity contribution in [3.8, 4) is 0 Å². The van der Waals surface area contributed by atoms with Crippen LogP contribution < -0.4 is 5.73 Å². The Balaban J connectivity index is 2.19. The summed E-state index contributed by atoms with van der Waals surface area (Å²) in [4.78, 5) is 24.9. The lowest BCUT2D eigenvalue weighted by molar-refractivity contribution is -0.0425. The molecule has 0 saturated carbocycles. The van der Waals surface area contributed by atoms with Crippen LogP contribution in [0.4, 0.5) is 14.7 Å². The topological polar surface area (TPSA) is 136 Å². The van der Waals surface area contributed by atoms with Crippen molar-refractivity contribution in [2.75, 3.05) is 12.1 Å². The lowest BCUT2D eigenvalue weighted by Gasteiger charge is -2.16. The summed E-state index contributed by atoms with van der Waals surface area (Å²) in [6, 6.07) is 0. The Hall–Kier alpha value is -1.68. The highest BCUT2D eigenvalue weighted by molar-refractivity contribution is 7.51. The first-order chi connectivity index (χ1) is 9.78. The van der Waals surface area contributed by atoms with Crippen LogP contribution >= 0.6 is 7.60 Å². The minimum atomic E-state index is -4.53. The van der Waals surface area contributed by atoms with Crippen LogP contribution in [0.5, 0.6) is 0 Å². The molecule has 0 fully saturated rings. The molecule has 0 aliphatic heterocycles. The van der Waals surface area contributed by atoms with Crippen LogP contribution in [-0.4, -0.2) is 48.2 Å². The van der Waals surface area contributed by atoms with Gasteiger partial charge in [-0.05, 0) is 0 Å². The molecule has 0 radical (unpaired) electrons. The number of hydrogen-bond donors (Lipinski definition) is 3. The molecular weight excluding hydrogens is 311 g/mol. The Bertz CT molecular complexity index is 675. The van der Waals surface area contributed by atoms with E-state index >= 15 is 0 Å². The van der Waals surface area contributed by atoms with Crippen LogP contribution in [0.1, 0.15) is 5.56 Å². The van der Waals surface area contributed by atoms with E-state index in [1.807, 2.05) is 0 Å². The summed E-state index contributed by atoms with van der Waals surface area (Å²) in [5.74, 6) is 0.0379. The maximum Gasteiger partial charge on any atom is 0.350 e. The lowest BCUT2D eigenvalue weighted by Crippen LogP contribution is -2.25. The van der Waals surface area contributed by atoms with Crippen molar-refractivity contribution in [2.24, 2.45) is 0 Å². The van der Waals surface area contributed by atoms with Crippen LogP contribution in [0.3, 0.4) is 0 Å². The minimum absolute atomic E-state index is 0.0379. The van der Waals surface area contributed by atoms with E-state index in [9.17, 15) is 13.3 Å². The molecule has 116 valence electrons. The van der Waals surface area contributed by atoms with Crippen LogP contribution in [0.25, 0.3) is 5.65 Å². The number of halogens is 2. The largest absolute Gasteiger partial charge is 0.368 e. The number of anilines is 1. The van der Waals surface area contributed by atoms with E-state index in [-0.39, 0.29) is 18.0 Å². The van der Waals surface area contributed by atoms with Gasteiger partial charge in [-0.3, -0.25) is 4.57 Å². The number of aromatic nitrogens is 4. The zero-order valence-corrected chi connectivity index (χ0v) is 11.4. The number of rotatable bonds is 6. The zero-order valence-electron chi connectivity index (χ0n) is 10.5. The number of ether oxygens (including phenoxy) is 1. The van der Waals surface area contributed by atoms with Crippen molar-refractivity contribution in [1.29, 1.82) is 0 Å². The first-order valence-electron chi connectivity index (χ1n) is 5.65. The van der Waals surface area contributed by atoms with Crippen molar-refractivity contribution in [2.45, 2.75) is 19.0 Å². The monoisotopic (exact) mass is 323 g/mol. The van der Waals surface area contributed by atoms with Gasteiger partial charge in [0.15, 0.2) is 5.65 Å². The third kappa shape index (κ3) is 3.91. The molecule has 0 aliphatic carbocycles. The number of alkyl halides is 2. The van der Waals surface area contributed by atoms with Crippen LogP contribution in [0.2, 0.25) is 0 Å². The standard InChI is InChI=1S/C9H12F2N5O4P/c10-7(11)6(20-4-21(17,18)19)1-5-2-15-16-8(5)13-3-14-9(16)12/h2-3,6-7H,1,4H2,(H2,12,13,14)(H2,17,18,19)/t6-/m0/s1. The van der Waals surface area contributed by atoms with Gasteiger partial charge >= 0.3 is 7.60 Å². The average Bonchev–Trinajstić information content (AvgIpc) is 2.77. The van der Waals surface area contributed by atoms with Crippen molar-refractivity contribution in [1.82, 2.24) is 19.6 Å². The maximum absolute atomic E-state index is 12.9. The molecule has 0 aromatic carbocycles. The van der Waals surface area contributed by atoms with Gasteiger partial charge < -0.3 is 20.3 Å².